The molecule has 0 bridgehead atoms. The third-order valence-corrected chi connectivity index (χ3v) is 2.99. The van der Waals surface area contributed by atoms with Crippen LogP contribution in [-0.2, 0) is 10.7 Å². The number of nitrogens with zero attached hydrogens (tertiary/aromatic N) is 1. The molecule has 0 aromatic heterocycles. The van der Waals surface area contributed by atoms with E-state index in [4.69, 9.17) is 5.73 Å². The van der Waals surface area contributed by atoms with Crippen LogP contribution in [0.15, 0.2) is 0 Å². The minimum absolute atomic E-state index is 0.215. The van der Waals surface area contributed by atoms with Gasteiger partial charge in [0.1, 0.15) is 0 Å². The highest BCUT2D eigenvalue weighted by molar-refractivity contribution is 7.72. The SMILES string of the molecule is NCC1CCN(C[SH](=O)=O)CC1. The predicted octanol–water partition coefficient (Wildman–Crippen LogP) is -0.774. The summed E-state index contributed by atoms with van der Waals surface area (Å²) in [5.41, 5.74) is 5.51. The zero-order valence-electron chi connectivity index (χ0n) is 7.11. The average Bonchev–Trinajstić information content (AvgIpc) is 2.05. The van der Waals surface area contributed by atoms with Crippen LogP contribution in [0.3, 0.4) is 0 Å². The molecule has 0 spiro atoms. The largest absolute Gasteiger partial charge is 0.330 e. The Morgan fingerprint density at radius 2 is 1.92 bits per heavy atom. The van der Waals surface area contributed by atoms with Crippen molar-refractivity contribution in [3.8, 4) is 0 Å². The van der Waals surface area contributed by atoms with Crippen molar-refractivity contribution in [3.05, 3.63) is 0 Å². The van der Waals surface area contributed by atoms with Gasteiger partial charge in [0.05, 0.1) is 5.88 Å². The van der Waals surface area contributed by atoms with E-state index in [1.165, 1.54) is 0 Å². The number of hydrogen-bond donors (Lipinski definition) is 2. The van der Waals surface area contributed by atoms with Crippen molar-refractivity contribution < 1.29 is 8.42 Å². The second kappa shape index (κ2) is 4.79. The molecule has 0 aliphatic carbocycles. The van der Waals surface area contributed by atoms with Crippen molar-refractivity contribution in [1.29, 1.82) is 0 Å². The minimum atomic E-state index is -2.25. The number of likely N-dealkylation sites (tertiary alicyclic amines) is 1. The molecule has 1 aliphatic rings. The molecule has 72 valence electrons. The van der Waals surface area contributed by atoms with Crippen LogP contribution in [0, 0.1) is 5.92 Å². The van der Waals surface area contributed by atoms with Gasteiger partial charge in [0.25, 0.3) is 0 Å². The van der Waals surface area contributed by atoms with Gasteiger partial charge in [-0.05, 0) is 38.4 Å². The van der Waals surface area contributed by atoms with Gasteiger partial charge in [-0.25, -0.2) is 8.42 Å². The van der Waals surface area contributed by atoms with E-state index in [1.54, 1.807) is 0 Å². The molecule has 1 rings (SSSR count). The molecule has 1 heterocycles. The normalized spacial score (nSPS) is 21.8. The first-order valence-electron chi connectivity index (χ1n) is 4.26. The fraction of sp³-hybridized carbons (Fsp3) is 1.00. The molecule has 0 unspecified atom stereocenters. The van der Waals surface area contributed by atoms with Crippen molar-refractivity contribution in [3.63, 3.8) is 0 Å². The molecule has 4 nitrogen and oxygen atoms in total. The van der Waals surface area contributed by atoms with Crippen molar-refractivity contribution in [1.82, 2.24) is 4.90 Å². The van der Waals surface area contributed by atoms with Crippen LogP contribution in [-0.4, -0.2) is 38.8 Å². The quantitative estimate of drug-likeness (QED) is 0.576. The van der Waals surface area contributed by atoms with Crippen molar-refractivity contribution in [2.24, 2.45) is 11.7 Å². The van der Waals surface area contributed by atoms with Gasteiger partial charge < -0.3 is 5.73 Å². The van der Waals surface area contributed by atoms with Crippen LogP contribution >= 0.6 is 0 Å². The van der Waals surface area contributed by atoms with Gasteiger partial charge in [0, 0.05) is 0 Å². The maximum absolute atomic E-state index is 10.4. The van der Waals surface area contributed by atoms with E-state index >= 15 is 0 Å². The van der Waals surface area contributed by atoms with Crippen LogP contribution in [0.1, 0.15) is 12.8 Å². The first kappa shape index (κ1) is 9.95. The van der Waals surface area contributed by atoms with Gasteiger partial charge >= 0.3 is 0 Å². The lowest BCUT2D eigenvalue weighted by Gasteiger charge is -2.29. The molecule has 0 radical (unpaired) electrons. The van der Waals surface area contributed by atoms with E-state index in [0.717, 1.165) is 32.5 Å². The molecule has 0 aromatic rings. The van der Waals surface area contributed by atoms with Gasteiger partial charge in [-0.1, -0.05) is 0 Å². The molecule has 0 aromatic carbocycles. The standard InChI is InChI=1S/C7H16N2O2S/c8-5-7-1-3-9(4-2-7)6-12(10)11/h7,12H,1-6,8H2. The summed E-state index contributed by atoms with van der Waals surface area (Å²) in [6, 6.07) is 0. The van der Waals surface area contributed by atoms with Gasteiger partial charge in [0.2, 0.25) is 0 Å². The number of nitrogens with two attached hydrogens (primary N) is 1. The summed E-state index contributed by atoms with van der Waals surface area (Å²) in [7, 11) is -2.25. The van der Waals surface area contributed by atoms with Gasteiger partial charge in [-0.2, -0.15) is 0 Å². The molecule has 0 saturated carbocycles. The van der Waals surface area contributed by atoms with Gasteiger partial charge in [-0.3, -0.25) is 4.90 Å². The number of piperidine rings is 1. The Morgan fingerprint density at radius 1 is 1.33 bits per heavy atom. The van der Waals surface area contributed by atoms with Gasteiger partial charge in [0.15, 0.2) is 10.7 Å². The highest BCUT2D eigenvalue weighted by Crippen LogP contribution is 2.14. The second-order valence-corrected chi connectivity index (χ2v) is 4.22. The third-order valence-electron chi connectivity index (χ3n) is 2.36. The maximum atomic E-state index is 10.4. The Kier molecular flexibility index (Phi) is 3.97. The zero-order valence-corrected chi connectivity index (χ0v) is 8.00. The number of hydrogen-bond acceptors (Lipinski definition) is 4. The Balaban J connectivity index is 2.26. The maximum Gasteiger partial charge on any atom is 0.153 e. The summed E-state index contributed by atoms with van der Waals surface area (Å²) in [6.45, 7) is 2.49. The lowest BCUT2D eigenvalue weighted by atomic mass is 9.98. The summed E-state index contributed by atoms with van der Waals surface area (Å²) in [6.07, 6.45) is 2.08. The van der Waals surface area contributed by atoms with E-state index in [2.05, 4.69) is 0 Å². The molecule has 0 atom stereocenters. The van der Waals surface area contributed by atoms with Crippen LogP contribution < -0.4 is 5.73 Å². The minimum Gasteiger partial charge on any atom is -0.330 e. The molecular weight excluding hydrogens is 176 g/mol. The molecule has 0 amide bonds. The molecule has 1 fully saturated rings. The molecule has 12 heavy (non-hydrogen) atoms. The monoisotopic (exact) mass is 192 g/mol. The summed E-state index contributed by atoms with van der Waals surface area (Å²) in [5, 5.41) is 0. The smallest absolute Gasteiger partial charge is 0.153 e. The lowest BCUT2D eigenvalue weighted by Crippen LogP contribution is -2.36. The van der Waals surface area contributed by atoms with Crippen LogP contribution in [0.2, 0.25) is 0 Å². The molecule has 5 heteroatoms. The Morgan fingerprint density at radius 3 is 2.33 bits per heavy atom. The lowest BCUT2D eigenvalue weighted by molar-refractivity contribution is 0.213. The van der Waals surface area contributed by atoms with Crippen LogP contribution in [0.5, 0.6) is 0 Å². The Hall–Kier alpha value is -0.130. The number of rotatable bonds is 3. The van der Waals surface area contributed by atoms with Crippen LogP contribution in [0.25, 0.3) is 0 Å². The van der Waals surface area contributed by atoms with E-state index in [9.17, 15) is 8.42 Å². The van der Waals surface area contributed by atoms with Crippen molar-refractivity contribution >= 4 is 10.7 Å². The van der Waals surface area contributed by atoms with E-state index in [-0.39, 0.29) is 5.88 Å². The third kappa shape index (κ3) is 3.08. The molecule has 1 aliphatic heterocycles. The fourth-order valence-electron chi connectivity index (χ4n) is 1.53. The van der Waals surface area contributed by atoms with Crippen molar-refractivity contribution in [2.75, 3.05) is 25.5 Å². The zero-order chi connectivity index (χ0) is 8.97. The second-order valence-electron chi connectivity index (χ2n) is 3.27. The topological polar surface area (TPSA) is 63.4 Å². The predicted molar refractivity (Wildman–Crippen MR) is 48.5 cm³/mol. The Labute approximate surface area is 74.7 Å². The summed E-state index contributed by atoms with van der Waals surface area (Å²) in [4.78, 5) is 1.97. The first-order valence-corrected chi connectivity index (χ1v) is 5.63. The van der Waals surface area contributed by atoms with E-state index in [1.807, 2.05) is 4.90 Å². The van der Waals surface area contributed by atoms with Gasteiger partial charge in [-0.15, -0.1) is 0 Å². The number of thiol groups is 1. The van der Waals surface area contributed by atoms with Crippen LogP contribution in [0.4, 0.5) is 0 Å². The van der Waals surface area contributed by atoms with Crippen molar-refractivity contribution in [2.45, 2.75) is 12.8 Å². The highest BCUT2D eigenvalue weighted by Gasteiger charge is 2.17. The summed E-state index contributed by atoms with van der Waals surface area (Å²) in [5.74, 6) is 0.817. The Bertz CT molecular complexity index is 190. The molecule has 1 saturated heterocycles. The molecular formula is C7H16N2O2S. The summed E-state index contributed by atoms with van der Waals surface area (Å²) < 4.78 is 20.8. The van der Waals surface area contributed by atoms with E-state index < -0.39 is 10.7 Å². The fourth-order valence-corrected chi connectivity index (χ4v) is 2.14. The average molecular weight is 192 g/mol. The summed E-state index contributed by atoms with van der Waals surface area (Å²) >= 11 is 0. The molecule has 2 N–H and O–H groups in total. The first-order chi connectivity index (χ1) is 5.72. The highest BCUT2D eigenvalue weighted by atomic mass is 32.2. The van der Waals surface area contributed by atoms with E-state index in [0.29, 0.717) is 5.92 Å².